The van der Waals surface area contributed by atoms with Gasteiger partial charge in [0.15, 0.2) is 5.71 Å². The van der Waals surface area contributed by atoms with E-state index >= 15 is 0 Å². The standard InChI is InChI=1S/C17H20ClN5O2/c18-14-11(5-6-12-13(14)15(22-19)16(24)21-12)17(25)23-7-1-2-10(23)8-20-9-3-4-9/h5-6,9-10,20H,1-4,7-8,19H2,(H,21,22,24)/t10-/m1/s1. The number of nitrogens with two attached hydrogens (primary N) is 1. The van der Waals surface area contributed by atoms with Crippen molar-refractivity contribution in [2.45, 2.75) is 37.8 Å². The number of amides is 2. The fourth-order valence-electron chi connectivity index (χ4n) is 3.56. The van der Waals surface area contributed by atoms with E-state index < -0.39 is 5.91 Å². The fraction of sp³-hybridized carbons (Fsp3) is 0.471. The molecule has 1 aromatic rings. The van der Waals surface area contributed by atoms with Gasteiger partial charge in [0.25, 0.3) is 11.8 Å². The highest BCUT2D eigenvalue weighted by molar-refractivity contribution is 6.57. The van der Waals surface area contributed by atoms with Crippen molar-refractivity contribution in [3.63, 3.8) is 0 Å². The Morgan fingerprint density at radius 1 is 1.40 bits per heavy atom. The molecule has 0 radical (unpaired) electrons. The van der Waals surface area contributed by atoms with Gasteiger partial charge in [0.05, 0.1) is 21.8 Å². The minimum Gasteiger partial charge on any atom is -0.334 e. The number of nitrogens with one attached hydrogen (secondary N) is 2. The number of rotatable bonds is 4. The molecule has 7 nitrogen and oxygen atoms in total. The number of anilines is 1. The average Bonchev–Trinajstić information content (AvgIpc) is 3.20. The monoisotopic (exact) mass is 361 g/mol. The minimum atomic E-state index is -0.406. The van der Waals surface area contributed by atoms with Crippen molar-refractivity contribution >= 4 is 34.8 Å². The van der Waals surface area contributed by atoms with Crippen molar-refractivity contribution in [2.24, 2.45) is 10.9 Å². The van der Waals surface area contributed by atoms with Crippen LogP contribution in [-0.4, -0.2) is 47.6 Å². The number of carbonyl (C=O) groups is 2. The van der Waals surface area contributed by atoms with E-state index in [4.69, 9.17) is 17.4 Å². The van der Waals surface area contributed by atoms with E-state index in [0.717, 1.165) is 25.9 Å². The lowest BCUT2D eigenvalue weighted by Crippen LogP contribution is -2.42. The number of carbonyl (C=O) groups excluding carboxylic acids is 2. The highest BCUT2D eigenvalue weighted by Crippen LogP contribution is 2.34. The zero-order valence-corrected chi connectivity index (χ0v) is 14.5. The van der Waals surface area contributed by atoms with Gasteiger partial charge in [0, 0.05) is 25.2 Å². The van der Waals surface area contributed by atoms with E-state index in [0.29, 0.717) is 22.9 Å². The van der Waals surface area contributed by atoms with Crippen LogP contribution < -0.4 is 16.5 Å². The Hall–Kier alpha value is -2.12. The zero-order valence-electron chi connectivity index (χ0n) is 13.7. The molecule has 2 amide bonds. The maximum absolute atomic E-state index is 13.1. The molecule has 8 heteroatoms. The predicted octanol–water partition coefficient (Wildman–Crippen LogP) is 1.31. The van der Waals surface area contributed by atoms with E-state index in [2.05, 4.69) is 15.7 Å². The van der Waals surface area contributed by atoms with Gasteiger partial charge in [-0.3, -0.25) is 9.59 Å². The smallest absolute Gasteiger partial charge is 0.276 e. The van der Waals surface area contributed by atoms with Crippen molar-refractivity contribution in [3.8, 4) is 0 Å². The first-order chi connectivity index (χ1) is 12.1. The van der Waals surface area contributed by atoms with Crippen molar-refractivity contribution in [3.05, 3.63) is 28.3 Å². The maximum atomic E-state index is 13.1. The molecular weight excluding hydrogens is 342 g/mol. The number of hydrogen-bond acceptors (Lipinski definition) is 5. The van der Waals surface area contributed by atoms with Gasteiger partial charge in [0.2, 0.25) is 0 Å². The van der Waals surface area contributed by atoms with Gasteiger partial charge in [-0.2, -0.15) is 5.10 Å². The molecule has 2 fully saturated rings. The lowest BCUT2D eigenvalue weighted by Gasteiger charge is -2.26. The van der Waals surface area contributed by atoms with Crippen molar-refractivity contribution in [1.29, 1.82) is 0 Å². The van der Waals surface area contributed by atoms with E-state index in [9.17, 15) is 9.59 Å². The van der Waals surface area contributed by atoms with E-state index in [1.807, 2.05) is 4.90 Å². The molecule has 1 atom stereocenters. The summed E-state index contributed by atoms with van der Waals surface area (Å²) in [7, 11) is 0. The van der Waals surface area contributed by atoms with Crippen LogP contribution >= 0.6 is 11.6 Å². The molecule has 1 aliphatic carbocycles. The minimum absolute atomic E-state index is 0.0584. The molecule has 2 aliphatic heterocycles. The lowest BCUT2D eigenvalue weighted by molar-refractivity contribution is -0.110. The highest BCUT2D eigenvalue weighted by Gasteiger charge is 2.35. The molecule has 132 valence electrons. The number of fused-ring (bicyclic) bond motifs is 1. The van der Waals surface area contributed by atoms with Gasteiger partial charge in [-0.25, -0.2) is 0 Å². The summed E-state index contributed by atoms with van der Waals surface area (Å²) in [6.45, 7) is 1.53. The van der Waals surface area contributed by atoms with Gasteiger partial charge >= 0.3 is 0 Å². The molecule has 25 heavy (non-hydrogen) atoms. The Kier molecular flexibility index (Phi) is 4.13. The average molecular weight is 362 g/mol. The van der Waals surface area contributed by atoms with Crippen molar-refractivity contribution in [2.75, 3.05) is 18.4 Å². The summed E-state index contributed by atoms with van der Waals surface area (Å²) in [5, 5.41) is 9.90. The normalized spacial score (nSPS) is 23.9. The highest BCUT2D eigenvalue weighted by atomic mass is 35.5. The lowest BCUT2D eigenvalue weighted by atomic mass is 10.1. The molecule has 0 spiro atoms. The van der Waals surface area contributed by atoms with Crippen LogP contribution in [0, 0.1) is 0 Å². The van der Waals surface area contributed by atoms with E-state index in [1.54, 1.807) is 12.1 Å². The van der Waals surface area contributed by atoms with Gasteiger partial charge < -0.3 is 21.4 Å². The summed E-state index contributed by atoms with van der Waals surface area (Å²) >= 11 is 6.46. The summed E-state index contributed by atoms with van der Waals surface area (Å²) < 4.78 is 0. The Labute approximate surface area is 150 Å². The number of hydrazone groups is 1. The largest absolute Gasteiger partial charge is 0.334 e. The quantitative estimate of drug-likeness (QED) is 0.556. The molecule has 2 heterocycles. The van der Waals surface area contributed by atoms with Crippen LogP contribution in [0.5, 0.6) is 0 Å². The van der Waals surface area contributed by atoms with Gasteiger partial charge in [-0.15, -0.1) is 0 Å². The Balaban J connectivity index is 1.60. The first-order valence-corrected chi connectivity index (χ1v) is 8.94. The molecule has 4 N–H and O–H groups in total. The van der Waals surface area contributed by atoms with Crippen LogP contribution in [0.1, 0.15) is 41.6 Å². The zero-order chi connectivity index (χ0) is 17.6. The van der Waals surface area contributed by atoms with Crippen LogP contribution in [0.15, 0.2) is 17.2 Å². The number of nitrogens with zero attached hydrogens (tertiary/aromatic N) is 2. The van der Waals surface area contributed by atoms with Crippen molar-refractivity contribution < 1.29 is 9.59 Å². The van der Waals surface area contributed by atoms with Crippen LogP contribution in [0.2, 0.25) is 5.02 Å². The fourth-order valence-corrected chi connectivity index (χ4v) is 3.89. The number of hydrogen-bond donors (Lipinski definition) is 3. The molecule has 4 rings (SSSR count). The van der Waals surface area contributed by atoms with Crippen LogP contribution in [0.25, 0.3) is 0 Å². The van der Waals surface area contributed by atoms with Crippen LogP contribution in [0.3, 0.4) is 0 Å². The maximum Gasteiger partial charge on any atom is 0.276 e. The molecule has 1 saturated heterocycles. The first kappa shape index (κ1) is 16.4. The summed E-state index contributed by atoms with van der Waals surface area (Å²) in [5.41, 5.74) is 1.38. The second kappa shape index (κ2) is 6.31. The third kappa shape index (κ3) is 2.87. The van der Waals surface area contributed by atoms with Gasteiger partial charge in [0.1, 0.15) is 0 Å². The van der Waals surface area contributed by atoms with Crippen molar-refractivity contribution in [1.82, 2.24) is 10.2 Å². The SMILES string of the molecule is N/N=C1\C(=O)Nc2ccc(C(=O)N3CCC[C@@H]3CNC3CC3)c(Cl)c21. The molecular formula is C17H20ClN5O2. The first-order valence-electron chi connectivity index (χ1n) is 8.56. The van der Waals surface area contributed by atoms with Crippen LogP contribution in [-0.2, 0) is 4.79 Å². The summed E-state index contributed by atoms with van der Waals surface area (Å²) in [4.78, 5) is 26.8. The Morgan fingerprint density at radius 2 is 2.20 bits per heavy atom. The molecule has 0 bridgehead atoms. The molecule has 3 aliphatic rings. The van der Waals surface area contributed by atoms with Crippen LogP contribution in [0.4, 0.5) is 5.69 Å². The second-order valence-electron chi connectivity index (χ2n) is 6.76. The number of halogens is 1. The van der Waals surface area contributed by atoms with E-state index in [1.165, 1.54) is 12.8 Å². The molecule has 0 aromatic heterocycles. The summed E-state index contributed by atoms with van der Waals surface area (Å²) in [5.74, 6) is 4.80. The topological polar surface area (TPSA) is 99.8 Å². The Bertz CT molecular complexity index is 775. The second-order valence-corrected chi connectivity index (χ2v) is 7.14. The number of likely N-dealkylation sites (tertiary alicyclic amines) is 1. The van der Waals surface area contributed by atoms with Gasteiger partial charge in [-0.1, -0.05) is 11.6 Å². The third-order valence-electron chi connectivity index (χ3n) is 5.06. The molecule has 1 saturated carbocycles. The molecule has 1 aromatic carbocycles. The van der Waals surface area contributed by atoms with E-state index in [-0.39, 0.29) is 22.7 Å². The number of benzene rings is 1. The Morgan fingerprint density at radius 3 is 2.92 bits per heavy atom. The summed E-state index contributed by atoms with van der Waals surface area (Å²) in [6, 6.07) is 4.13. The van der Waals surface area contributed by atoms with Gasteiger partial charge in [-0.05, 0) is 37.8 Å². The third-order valence-corrected chi connectivity index (χ3v) is 5.45. The predicted molar refractivity (Wildman–Crippen MR) is 95.9 cm³/mol. The summed E-state index contributed by atoms with van der Waals surface area (Å²) in [6.07, 6.45) is 4.42. The molecule has 0 unspecified atom stereocenters.